The first-order valence-corrected chi connectivity index (χ1v) is 8.95. The molecule has 1 heterocycles. The number of carbonyl (C=O) groups excluding carboxylic acids is 2. The van der Waals surface area contributed by atoms with Crippen molar-refractivity contribution in [2.75, 3.05) is 13.2 Å². The van der Waals surface area contributed by atoms with E-state index in [1.807, 2.05) is 0 Å². The average molecular weight is 401 g/mol. The van der Waals surface area contributed by atoms with E-state index in [2.05, 4.69) is 0 Å². The quantitative estimate of drug-likeness (QED) is 0.582. The number of ketones is 1. The van der Waals surface area contributed by atoms with Crippen LogP contribution in [0.5, 0.6) is 0 Å². The van der Waals surface area contributed by atoms with Gasteiger partial charge in [-0.1, -0.05) is 18.2 Å². The van der Waals surface area contributed by atoms with Gasteiger partial charge >= 0.3 is 18.2 Å². The molecule has 1 saturated heterocycles. The van der Waals surface area contributed by atoms with Crippen LogP contribution < -0.4 is 0 Å². The van der Waals surface area contributed by atoms with E-state index in [0.717, 1.165) is 17.0 Å². The Balaban J connectivity index is 2.13. The molecule has 1 aromatic rings. The number of hydrogen-bond acceptors (Lipinski definition) is 4. The summed E-state index contributed by atoms with van der Waals surface area (Å²) in [5, 5.41) is 9.40. The van der Waals surface area contributed by atoms with E-state index in [4.69, 9.17) is 4.74 Å². The summed E-state index contributed by atoms with van der Waals surface area (Å²) in [7, 11) is 0. The molecule has 1 fully saturated rings. The second-order valence-corrected chi connectivity index (χ2v) is 6.70. The van der Waals surface area contributed by atoms with Gasteiger partial charge in [-0.05, 0) is 37.8 Å². The average Bonchev–Trinajstić information content (AvgIpc) is 2.61. The Morgan fingerprint density at radius 2 is 2.00 bits per heavy atom. The zero-order chi connectivity index (χ0) is 20.9. The van der Waals surface area contributed by atoms with Gasteiger partial charge in [-0.25, -0.2) is 4.79 Å². The number of esters is 1. The van der Waals surface area contributed by atoms with E-state index in [0.29, 0.717) is 5.56 Å². The molecule has 1 aliphatic rings. The van der Waals surface area contributed by atoms with Crippen LogP contribution >= 0.6 is 0 Å². The third-order valence-electron chi connectivity index (χ3n) is 4.77. The highest BCUT2D eigenvalue weighted by atomic mass is 19.4. The number of Topliss-reactive ketones (excluding diaryl/α,β-unsaturated/α-hetero) is 1. The summed E-state index contributed by atoms with van der Waals surface area (Å²) in [5.41, 5.74) is -0.470. The number of halogens is 3. The van der Waals surface area contributed by atoms with E-state index in [1.54, 1.807) is 6.92 Å². The lowest BCUT2D eigenvalue weighted by Crippen LogP contribution is -2.48. The van der Waals surface area contributed by atoms with Crippen molar-refractivity contribution in [2.45, 2.75) is 44.8 Å². The van der Waals surface area contributed by atoms with Crippen molar-refractivity contribution in [3.8, 4) is 0 Å². The summed E-state index contributed by atoms with van der Waals surface area (Å²) in [6, 6.07) is 4.06. The molecule has 0 radical (unpaired) electrons. The van der Waals surface area contributed by atoms with Gasteiger partial charge in [0.05, 0.1) is 12.2 Å². The first-order valence-electron chi connectivity index (χ1n) is 8.95. The number of carboxylic acid groups (broad SMARTS) is 1. The Kier molecular flexibility index (Phi) is 7.04. The van der Waals surface area contributed by atoms with Crippen molar-refractivity contribution in [1.29, 1.82) is 0 Å². The number of rotatable bonds is 6. The second kappa shape index (κ2) is 9.07. The molecule has 0 unspecified atom stereocenters. The van der Waals surface area contributed by atoms with Crippen LogP contribution in [-0.4, -0.2) is 47.0 Å². The molecule has 6 nitrogen and oxygen atoms in total. The highest BCUT2D eigenvalue weighted by molar-refractivity contribution is 5.96. The molecule has 28 heavy (non-hydrogen) atoms. The van der Waals surface area contributed by atoms with Crippen LogP contribution in [0.15, 0.2) is 24.3 Å². The summed E-state index contributed by atoms with van der Waals surface area (Å²) in [4.78, 5) is 36.5. The Morgan fingerprint density at radius 1 is 1.29 bits per heavy atom. The molecule has 1 N–H and O–H groups in total. The van der Waals surface area contributed by atoms with Gasteiger partial charge in [0.2, 0.25) is 0 Å². The third kappa shape index (κ3) is 5.71. The molecule has 0 aliphatic carbocycles. The minimum atomic E-state index is -4.49. The third-order valence-corrected chi connectivity index (χ3v) is 4.77. The molecule has 0 aromatic heterocycles. The lowest BCUT2D eigenvalue weighted by Gasteiger charge is -2.37. The van der Waals surface area contributed by atoms with Crippen LogP contribution in [0.3, 0.4) is 0 Å². The highest BCUT2D eigenvalue weighted by Crippen LogP contribution is 2.31. The normalized spacial score (nSPS) is 19.9. The Bertz CT molecular complexity index is 735. The number of alkyl halides is 3. The van der Waals surface area contributed by atoms with Gasteiger partial charge in [-0.15, -0.1) is 0 Å². The fraction of sp³-hybridized carbons (Fsp3) is 0.526. The molecule has 9 heteroatoms. The van der Waals surface area contributed by atoms with Gasteiger partial charge in [0.25, 0.3) is 0 Å². The van der Waals surface area contributed by atoms with E-state index in [-0.39, 0.29) is 44.6 Å². The monoisotopic (exact) mass is 401 g/mol. The van der Waals surface area contributed by atoms with Crippen molar-refractivity contribution in [3.63, 3.8) is 0 Å². The zero-order valence-electron chi connectivity index (χ0n) is 15.4. The predicted octanol–water partition coefficient (Wildman–Crippen LogP) is 3.53. The second-order valence-electron chi connectivity index (χ2n) is 6.70. The first-order chi connectivity index (χ1) is 13.1. The molecule has 1 aliphatic heterocycles. The van der Waals surface area contributed by atoms with Crippen LogP contribution in [0.2, 0.25) is 0 Å². The molecule has 1 aromatic carbocycles. The van der Waals surface area contributed by atoms with Crippen LogP contribution in [-0.2, 0) is 26.9 Å². The maximum absolute atomic E-state index is 12.9. The molecule has 0 saturated carbocycles. The topological polar surface area (TPSA) is 83.9 Å². The van der Waals surface area contributed by atoms with Gasteiger partial charge in [-0.2, -0.15) is 13.2 Å². The SMILES string of the molecule is CCOC(=O)CC(=O)[C@@H]1CCN(C(=O)O)[C@@H](Cc2cccc(C(F)(F)F)c2)C1. The van der Waals surface area contributed by atoms with Crippen LogP contribution in [0.25, 0.3) is 0 Å². The van der Waals surface area contributed by atoms with Crippen LogP contribution in [0.4, 0.5) is 18.0 Å². The summed E-state index contributed by atoms with van der Waals surface area (Å²) < 4.78 is 43.5. The fourth-order valence-electron chi connectivity index (χ4n) is 3.43. The van der Waals surface area contributed by atoms with Gasteiger partial charge in [0.15, 0.2) is 0 Å². The zero-order valence-corrected chi connectivity index (χ0v) is 15.4. The number of hydrogen-bond donors (Lipinski definition) is 1. The maximum atomic E-state index is 12.9. The number of likely N-dealkylation sites (tertiary alicyclic amines) is 1. The van der Waals surface area contributed by atoms with E-state index in [1.165, 1.54) is 12.1 Å². The van der Waals surface area contributed by atoms with Crippen molar-refractivity contribution >= 4 is 17.8 Å². The minimum absolute atomic E-state index is 0.0550. The minimum Gasteiger partial charge on any atom is -0.466 e. The van der Waals surface area contributed by atoms with Crippen molar-refractivity contribution in [1.82, 2.24) is 4.90 Å². The first kappa shape index (κ1) is 21.7. The van der Waals surface area contributed by atoms with Crippen molar-refractivity contribution < 1.29 is 37.4 Å². The van der Waals surface area contributed by atoms with Crippen molar-refractivity contribution in [3.05, 3.63) is 35.4 Å². The fourth-order valence-corrected chi connectivity index (χ4v) is 3.43. The van der Waals surface area contributed by atoms with E-state index in [9.17, 15) is 32.7 Å². The number of ether oxygens (including phenoxy) is 1. The standard InChI is InChI=1S/C19H22F3NO5/c1-2-28-17(25)11-16(24)13-6-7-23(18(26)27)15(10-13)9-12-4-3-5-14(8-12)19(20,21)22/h3-5,8,13,15H,2,6-7,9-11H2,1H3,(H,26,27)/t13-,15+/m1/s1. The molecule has 0 spiro atoms. The number of piperidine rings is 1. The summed E-state index contributed by atoms with van der Waals surface area (Å²) in [6.07, 6.45) is -5.59. The molecule has 2 rings (SSSR count). The molecular weight excluding hydrogens is 379 g/mol. The smallest absolute Gasteiger partial charge is 0.416 e. The Morgan fingerprint density at radius 3 is 2.61 bits per heavy atom. The lowest BCUT2D eigenvalue weighted by atomic mass is 9.84. The molecule has 2 atom stereocenters. The molecule has 1 amide bonds. The number of benzene rings is 1. The number of carbonyl (C=O) groups is 3. The highest BCUT2D eigenvalue weighted by Gasteiger charge is 2.36. The largest absolute Gasteiger partial charge is 0.466 e. The van der Waals surface area contributed by atoms with Crippen LogP contribution in [0.1, 0.15) is 37.3 Å². The van der Waals surface area contributed by atoms with Crippen LogP contribution in [0, 0.1) is 5.92 Å². The lowest BCUT2D eigenvalue weighted by molar-refractivity contribution is -0.146. The van der Waals surface area contributed by atoms with Gasteiger partial charge in [-0.3, -0.25) is 9.59 Å². The summed E-state index contributed by atoms with van der Waals surface area (Å²) in [5.74, 6) is -1.50. The van der Waals surface area contributed by atoms with Crippen molar-refractivity contribution in [2.24, 2.45) is 5.92 Å². The maximum Gasteiger partial charge on any atom is 0.416 e. The summed E-state index contributed by atoms with van der Waals surface area (Å²) in [6.45, 7) is 1.86. The molecule has 154 valence electrons. The predicted molar refractivity (Wildman–Crippen MR) is 92.6 cm³/mol. The Labute approximate surface area is 160 Å². The van der Waals surface area contributed by atoms with Gasteiger partial charge < -0.3 is 14.7 Å². The van der Waals surface area contributed by atoms with Gasteiger partial charge in [0, 0.05) is 18.5 Å². The van der Waals surface area contributed by atoms with E-state index >= 15 is 0 Å². The van der Waals surface area contributed by atoms with Gasteiger partial charge in [0.1, 0.15) is 12.2 Å². The number of nitrogens with zero attached hydrogens (tertiary/aromatic N) is 1. The Hall–Kier alpha value is -2.58. The number of amides is 1. The molecular formula is C19H22F3NO5. The van der Waals surface area contributed by atoms with E-state index < -0.39 is 35.8 Å². The summed E-state index contributed by atoms with van der Waals surface area (Å²) >= 11 is 0. The molecule has 0 bridgehead atoms.